The van der Waals surface area contributed by atoms with Gasteiger partial charge in [-0.1, -0.05) is 22.0 Å². The van der Waals surface area contributed by atoms with Crippen molar-refractivity contribution in [1.29, 1.82) is 0 Å². The largest absolute Gasteiger partial charge is 0.375 e. The van der Waals surface area contributed by atoms with Crippen LogP contribution in [-0.2, 0) is 11.2 Å². The van der Waals surface area contributed by atoms with Crippen molar-refractivity contribution in [2.45, 2.75) is 13.3 Å². The van der Waals surface area contributed by atoms with Gasteiger partial charge >= 0.3 is 0 Å². The first-order valence-corrected chi connectivity index (χ1v) is 6.98. The minimum atomic E-state index is -0.0958. The highest BCUT2D eigenvalue weighted by Gasteiger charge is 2.09. The number of carbonyl (C=O) groups excluding carboxylic acids is 1. The number of halogens is 1. The van der Waals surface area contributed by atoms with Crippen molar-refractivity contribution in [2.24, 2.45) is 0 Å². The van der Waals surface area contributed by atoms with Crippen LogP contribution >= 0.6 is 27.3 Å². The number of nitrogens with zero attached hydrogens (tertiary/aromatic N) is 1. The summed E-state index contributed by atoms with van der Waals surface area (Å²) in [6, 6.07) is 5.69. The average Bonchev–Trinajstić information content (AvgIpc) is 2.70. The molecule has 1 aromatic heterocycles. The predicted octanol–water partition coefficient (Wildman–Crippen LogP) is 2.98. The summed E-state index contributed by atoms with van der Waals surface area (Å²) in [4.78, 5) is 15.9. The van der Waals surface area contributed by atoms with E-state index in [1.165, 1.54) is 11.3 Å². The van der Waals surface area contributed by atoms with Gasteiger partial charge in [-0.15, -0.1) is 11.3 Å². The van der Waals surface area contributed by atoms with Crippen LogP contribution in [0.2, 0.25) is 0 Å². The van der Waals surface area contributed by atoms with Gasteiger partial charge in [-0.2, -0.15) is 0 Å². The lowest BCUT2D eigenvalue weighted by molar-refractivity contribution is -0.115. The number of hydrogen-bond donors (Lipinski definition) is 2. The summed E-state index contributed by atoms with van der Waals surface area (Å²) in [6.07, 6.45) is 0.236. The molecule has 0 radical (unpaired) electrons. The fourth-order valence-electron chi connectivity index (χ4n) is 1.51. The SMILES string of the molecule is Cc1c(Br)cccc1NC(=O)Cc1csc(N)n1. The van der Waals surface area contributed by atoms with Gasteiger partial charge in [-0.05, 0) is 24.6 Å². The fraction of sp³-hybridized carbons (Fsp3) is 0.167. The Bertz CT molecular complexity index is 582. The molecule has 2 aromatic rings. The summed E-state index contributed by atoms with van der Waals surface area (Å²) in [5, 5.41) is 5.14. The smallest absolute Gasteiger partial charge is 0.230 e. The van der Waals surface area contributed by atoms with E-state index in [1.54, 1.807) is 5.38 Å². The third-order valence-electron chi connectivity index (χ3n) is 2.45. The number of thiazole rings is 1. The maximum atomic E-state index is 11.9. The second-order valence-corrected chi connectivity index (χ2v) is 5.56. The Labute approximate surface area is 117 Å². The van der Waals surface area contributed by atoms with E-state index in [0.717, 1.165) is 15.7 Å². The average molecular weight is 326 g/mol. The molecule has 1 amide bonds. The summed E-state index contributed by atoms with van der Waals surface area (Å²) >= 11 is 4.77. The van der Waals surface area contributed by atoms with Gasteiger partial charge in [0, 0.05) is 15.5 Å². The van der Waals surface area contributed by atoms with Crippen molar-refractivity contribution in [3.05, 3.63) is 39.3 Å². The molecule has 0 unspecified atom stereocenters. The lowest BCUT2D eigenvalue weighted by Crippen LogP contribution is -2.15. The van der Waals surface area contributed by atoms with Crippen LogP contribution in [0, 0.1) is 6.92 Å². The molecule has 94 valence electrons. The monoisotopic (exact) mass is 325 g/mol. The van der Waals surface area contributed by atoms with Gasteiger partial charge in [-0.25, -0.2) is 4.98 Å². The van der Waals surface area contributed by atoms with Gasteiger partial charge in [0.25, 0.3) is 0 Å². The number of aromatic nitrogens is 1. The van der Waals surface area contributed by atoms with Crippen molar-refractivity contribution in [3.63, 3.8) is 0 Å². The van der Waals surface area contributed by atoms with Crippen LogP contribution in [0.3, 0.4) is 0 Å². The van der Waals surface area contributed by atoms with E-state index in [-0.39, 0.29) is 12.3 Å². The summed E-state index contributed by atoms with van der Waals surface area (Å²) in [5.41, 5.74) is 8.02. The maximum absolute atomic E-state index is 11.9. The number of nitrogen functional groups attached to an aromatic ring is 1. The van der Waals surface area contributed by atoms with E-state index in [9.17, 15) is 4.79 Å². The Morgan fingerprint density at radius 2 is 2.33 bits per heavy atom. The minimum Gasteiger partial charge on any atom is -0.375 e. The van der Waals surface area contributed by atoms with Gasteiger partial charge in [0.1, 0.15) is 0 Å². The highest BCUT2D eigenvalue weighted by molar-refractivity contribution is 9.10. The number of anilines is 2. The second kappa shape index (κ2) is 5.49. The first-order chi connectivity index (χ1) is 8.56. The highest BCUT2D eigenvalue weighted by atomic mass is 79.9. The summed E-state index contributed by atoms with van der Waals surface area (Å²) in [5.74, 6) is -0.0958. The quantitative estimate of drug-likeness (QED) is 0.911. The number of rotatable bonds is 3. The number of benzene rings is 1. The van der Waals surface area contributed by atoms with Gasteiger partial charge in [0.05, 0.1) is 12.1 Å². The van der Waals surface area contributed by atoms with E-state index in [4.69, 9.17) is 5.73 Å². The molecule has 4 nitrogen and oxygen atoms in total. The molecule has 0 fully saturated rings. The highest BCUT2D eigenvalue weighted by Crippen LogP contribution is 2.23. The normalized spacial score (nSPS) is 10.3. The number of nitrogens with one attached hydrogen (secondary N) is 1. The minimum absolute atomic E-state index is 0.0958. The molecule has 0 bridgehead atoms. The van der Waals surface area contributed by atoms with Gasteiger partial charge in [-0.3, -0.25) is 4.79 Å². The molecule has 0 aliphatic carbocycles. The Balaban J connectivity index is 2.05. The zero-order chi connectivity index (χ0) is 13.1. The molecule has 0 saturated carbocycles. The fourth-order valence-corrected chi connectivity index (χ4v) is 2.43. The van der Waals surface area contributed by atoms with E-state index in [0.29, 0.717) is 10.8 Å². The number of carbonyl (C=O) groups is 1. The molecule has 0 atom stereocenters. The molecule has 6 heteroatoms. The molecule has 2 rings (SSSR count). The molecule has 0 aliphatic rings. The number of nitrogens with two attached hydrogens (primary N) is 1. The summed E-state index contributed by atoms with van der Waals surface area (Å²) < 4.78 is 0.971. The van der Waals surface area contributed by atoms with Crippen molar-refractivity contribution in [2.75, 3.05) is 11.1 Å². The Morgan fingerprint density at radius 1 is 1.56 bits per heavy atom. The van der Waals surface area contributed by atoms with Gasteiger partial charge < -0.3 is 11.1 Å². The Morgan fingerprint density at radius 3 is 3.00 bits per heavy atom. The Kier molecular flexibility index (Phi) is 3.98. The Hall–Kier alpha value is -1.40. The zero-order valence-corrected chi connectivity index (χ0v) is 12.1. The van der Waals surface area contributed by atoms with Crippen LogP contribution in [0.25, 0.3) is 0 Å². The van der Waals surface area contributed by atoms with Crippen LogP contribution in [-0.4, -0.2) is 10.9 Å². The van der Waals surface area contributed by atoms with Crippen LogP contribution in [0.4, 0.5) is 10.8 Å². The molecule has 18 heavy (non-hydrogen) atoms. The van der Waals surface area contributed by atoms with Crippen LogP contribution in [0.1, 0.15) is 11.3 Å². The van der Waals surface area contributed by atoms with Crippen molar-refractivity contribution in [1.82, 2.24) is 4.98 Å². The standard InChI is InChI=1S/C12H12BrN3OS/c1-7-9(13)3-2-4-10(7)16-11(17)5-8-6-18-12(14)15-8/h2-4,6H,5H2,1H3,(H2,14,15)(H,16,17). The number of amides is 1. The van der Waals surface area contributed by atoms with Crippen molar-refractivity contribution >= 4 is 44.0 Å². The van der Waals surface area contributed by atoms with Crippen LogP contribution in [0.15, 0.2) is 28.1 Å². The van der Waals surface area contributed by atoms with Crippen molar-refractivity contribution in [3.8, 4) is 0 Å². The summed E-state index contributed by atoms with van der Waals surface area (Å²) in [7, 11) is 0. The molecular weight excluding hydrogens is 314 g/mol. The van der Waals surface area contributed by atoms with Gasteiger partial charge in [0.15, 0.2) is 5.13 Å². The lowest BCUT2D eigenvalue weighted by Gasteiger charge is -2.08. The second-order valence-electron chi connectivity index (χ2n) is 3.81. The first kappa shape index (κ1) is 13.0. The third-order valence-corrected chi connectivity index (χ3v) is 4.03. The molecule has 0 aliphatic heterocycles. The van der Waals surface area contributed by atoms with E-state index in [1.807, 2.05) is 25.1 Å². The third kappa shape index (κ3) is 3.08. The maximum Gasteiger partial charge on any atom is 0.230 e. The molecular formula is C12H12BrN3OS. The molecule has 0 saturated heterocycles. The molecule has 3 N–H and O–H groups in total. The van der Waals surface area contributed by atoms with Gasteiger partial charge in [0.2, 0.25) is 5.91 Å². The van der Waals surface area contributed by atoms with E-state index >= 15 is 0 Å². The zero-order valence-electron chi connectivity index (χ0n) is 9.74. The van der Waals surface area contributed by atoms with Crippen LogP contribution < -0.4 is 11.1 Å². The van der Waals surface area contributed by atoms with Crippen LogP contribution in [0.5, 0.6) is 0 Å². The topological polar surface area (TPSA) is 68.0 Å². The summed E-state index contributed by atoms with van der Waals surface area (Å²) in [6.45, 7) is 1.94. The van der Waals surface area contributed by atoms with E-state index < -0.39 is 0 Å². The first-order valence-electron chi connectivity index (χ1n) is 5.31. The number of hydrogen-bond acceptors (Lipinski definition) is 4. The molecule has 1 aromatic carbocycles. The van der Waals surface area contributed by atoms with E-state index in [2.05, 4.69) is 26.2 Å². The van der Waals surface area contributed by atoms with Crippen molar-refractivity contribution < 1.29 is 4.79 Å². The predicted molar refractivity (Wildman–Crippen MR) is 77.7 cm³/mol. The lowest BCUT2D eigenvalue weighted by atomic mass is 10.2. The molecule has 1 heterocycles. The molecule has 0 spiro atoms.